The maximum absolute atomic E-state index is 12.7. The van der Waals surface area contributed by atoms with E-state index in [1.165, 1.54) is 34.6 Å². The molecular weight excluding hydrogens is 448 g/mol. The Bertz CT molecular complexity index is 1270. The predicted octanol–water partition coefficient (Wildman–Crippen LogP) is 4.64. The second-order valence-electron chi connectivity index (χ2n) is 7.21. The Hall–Kier alpha value is -3.18. The first-order valence-corrected chi connectivity index (χ1v) is 11.6. The van der Waals surface area contributed by atoms with Gasteiger partial charge in [0.1, 0.15) is 0 Å². The third kappa shape index (κ3) is 3.78. The normalized spacial score (nSPS) is 17.0. The molecule has 3 heterocycles. The fraction of sp³-hybridized carbons (Fsp3) is 0.238. The topological polar surface area (TPSA) is 117 Å². The van der Waals surface area contributed by atoms with Gasteiger partial charge in [-0.15, -0.1) is 5.10 Å². The van der Waals surface area contributed by atoms with Crippen molar-refractivity contribution in [2.24, 2.45) is 10.1 Å². The van der Waals surface area contributed by atoms with Crippen LogP contribution in [-0.2, 0) is 4.79 Å². The standard InChI is InChI=1S/C21H20N6O3S2/c1-5-31-21-24-26-18(22)16(19(28)23-20(26)32-21)9-14-8-12(3)25(13(14)4)17-10-15(27(29)30)7-6-11(17)2/h6-10,22H,5H2,1-4H3/b16-9+,22-18?. The predicted molar refractivity (Wildman–Crippen MR) is 130 cm³/mol. The van der Waals surface area contributed by atoms with E-state index >= 15 is 0 Å². The molecule has 0 spiro atoms. The van der Waals surface area contributed by atoms with E-state index in [2.05, 4.69) is 10.1 Å². The minimum absolute atomic E-state index is 0.00857. The Labute approximate surface area is 192 Å². The summed E-state index contributed by atoms with van der Waals surface area (Å²) in [7, 11) is 0. The number of non-ortho nitro benzene ring substituents is 1. The first-order chi connectivity index (χ1) is 15.2. The van der Waals surface area contributed by atoms with Gasteiger partial charge in [0.15, 0.2) is 10.2 Å². The largest absolute Gasteiger partial charge is 0.317 e. The monoisotopic (exact) mass is 468 g/mol. The number of hydrogen-bond donors (Lipinski definition) is 1. The molecular formula is C21H20N6O3S2. The molecule has 32 heavy (non-hydrogen) atoms. The molecule has 0 saturated heterocycles. The Morgan fingerprint density at radius 1 is 1.28 bits per heavy atom. The van der Waals surface area contributed by atoms with Crippen molar-refractivity contribution in [1.82, 2.24) is 9.58 Å². The van der Waals surface area contributed by atoms with Gasteiger partial charge < -0.3 is 4.57 Å². The lowest BCUT2D eigenvalue weighted by Gasteiger charge is -2.20. The Kier molecular flexibility index (Phi) is 5.78. The van der Waals surface area contributed by atoms with E-state index in [1.807, 2.05) is 38.3 Å². The Morgan fingerprint density at radius 2 is 2.03 bits per heavy atom. The van der Waals surface area contributed by atoms with Gasteiger partial charge in [-0.1, -0.05) is 24.8 Å². The van der Waals surface area contributed by atoms with Gasteiger partial charge >= 0.3 is 0 Å². The number of nitrogens with one attached hydrogen (secondary N) is 1. The molecule has 0 aliphatic carbocycles. The maximum Gasteiger partial charge on any atom is 0.283 e. The molecule has 1 N–H and O–H groups in total. The fourth-order valence-corrected chi connectivity index (χ4v) is 5.39. The number of hydrogen-bond acceptors (Lipinski definition) is 7. The van der Waals surface area contributed by atoms with Crippen molar-refractivity contribution in [3.63, 3.8) is 0 Å². The highest BCUT2D eigenvalue weighted by Crippen LogP contribution is 2.33. The van der Waals surface area contributed by atoms with Crippen molar-refractivity contribution in [2.75, 3.05) is 5.75 Å². The van der Waals surface area contributed by atoms with Crippen LogP contribution in [0.5, 0.6) is 0 Å². The molecule has 11 heteroatoms. The lowest BCUT2D eigenvalue weighted by molar-refractivity contribution is -0.384. The average molecular weight is 469 g/mol. The van der Waals surface area contributed by atoms with Crippen LogP contribution in [-0.4, -0.2) is 41.5 Å². The number of hydrazone groups is 1. The maximum atomic E-state index is 12.7. The van der Waals surface area contributed by atoms with Crippen molar-refractivity contribution < 1.29 is 9.72 Å². The zero-order valence-corrected chi connectivity index (χ0v) is 19.5. The van der Waals surface area contributed by atoms with Crippen LogP contribution in [0.1, 0.15) is 29.4 Å². The van der Waals surface area contributed by atoms with E-state index in [-0.39, 0.29) is 17.1 Å². The number of benzene rings is 1. The van der Waals surface area contributed by atoms with Crippen LogP contribution < -0.4 is 0 Å². The van der Waals surface area contributed by atoms with E-state index in [4.69, 9.17) is 5.41 Å². The molecule has 0 atom stereocenters. The van der Waals surface area contributed by atoms with E-state index in [0.717, 1.165) is 32.6 Å². The Morgan fingerprint density at radius 3 is 2.72 bits per heavy atom. The zero-order valence-electron chi connectivity index (χ0n) is 17.9. The molecule has 2 aliphatic heterocycles. The number of carbonyl (C=O) groups excluding carboxylic acids is 1. The van der Waals surface area contributed by atoms with Gasteiger partial charge in [0, 0.05) is 23.5 Å². The van der Waals surface area contributed by atoms with Gasteiger partial charge in [-0.05, 0) is 61.6 Å². The van der Waals surface area contributed by atoms with E-state index in [9.17, 15) is 14.9 Å². The van der Waals surface area contributed by atoms with Crippen molar-refractivity contribution in [2.45, 2.75) is 27.7 Å². The molecule has 1 aromatic heterocycles. The molecule has 0 fully saturated rings. The molecule has 0 bridgehead atoms. The smallest absolute Gasteiger partial charge is 0.283 e. The molecule has 9 nitrogen and oxygen atoms in total. The third-order valence-electron chi connectivity index (χ3n) is 5.12. The molecule has 0 unspecified atom stereocenters. The number of amidine groups is 2. The lowest BCUT2D eigenvalue weighted by atomic mass is 10.1. The number of nitro groups is 1. The minimum Gasteiger partial charge on any atom is -0.317 e. The minimum atomic E-state index is -0.483. The Balaban J connectivity index is 1.76. The fourth-order valence-electron chi connectivity index (χ4n) is 3.57. The molecule has 1 aromatic carbocycles. The van der Waals surface area contributed by atoms with Crippen LogP contribution in [0.3, 0.4) is 0 Å². The van der Waals surface area contributed by atoms with Gasteiger partial charge in [0.2, 0.25) is 5.17 Å². The summed E-state index contributed by atoms with van der Waals surface area (Å²) < 4.78 is 2.67. The second-order valence-corrected chi connectivity index (χ2v) is 9.68. The summed E-state index contributed by atoms with van der Waals surface area (Å²) in [5.74, 6) is 0.332. The van der Waals surface area contributed by atoms with Gasteiger partial charge in [0.05, 0.1) is 16.2 Å². The number of aryl methyl sites for hydroxylation is 2. The molecule has 0 saturated carbocycles. The SMILES string of the molecule is CCSC1=NN2C(=N)/C(=C\c3cc(C)n(-c4cc([N+](=O)[O-])ccc4C)c3C)C(=O)N=C2S1. The van der Waals surface area contributed by atoms with Crippen LogP contribution in [0, 0.1) is 36.3 Å². The average Bonchev–Trinajstić information content (AvgIpc) is 3.26. The number of nitrogens with zero attached hydrogens (tertiary/aromatic N) is 5. The first kappa shape index (κ1) is 22.0. The van der Waals surface area contributed by atoms with Gasteiger partial charge in [-0.25, -0.2) is 0 Å². The zero-order chi connectivity index (χ0) is 23.2. The highest BCUT2D eigenvalue weighted by molar-refractivity contribution is 8.45. The summed E-state index contributed by atoms with van der Waals surface area (Å²) >= 11 is 2.82. The number of nitro benzene ring substituents is 1. The number of aliphatic imine (C=N–C) groups is 1. The van der Waals surface area contributed by atoms with Crippen molar-refractivity contribution in [1.29, 1.82) is 5.41 Å². The number of fused-ring (bicyclic) bond motifs is 1. The number of amides is 1. The second kappa shape index (κ2) is 8.40. The molecule has 1 amide bonds. The number of rotatable bonds is 4. The highest BCUT2D eigenvalue weighted by Gasteiger charge is 2.35. The summed E-state index contributed by atoms with van der Waals surface area (Å²) in [6, 6.07) is 6.63. The van der Waals surface area contributed by atoms with E-state index in [0.29, 0.717) is 10.9 Å². The van der Waals surface area contributed by atoms with Crippen molar-refractivity contribution in [3.05, 3.63) is 62.5 Å². The van der Waals surface area contributed by atoms with Crippen molar-refractivity contribution in [3.8, 4) is 5.69 Å². The van der Waals surface area contributed by atoms with Crippen LogP contribution in [0.4, 0.5) is 5.69 Å². The third-order valence-corrected chi connectivity index (χ3v) is 7.04. The number of aromatic nitrogens is 1. The summed E-state index contributed by atoms with van der Waals surface area (Å²) in [6.07, 6.45) is 1.64. The summed E-state index contributed by atoms with van der Waals surface area (Å²) in [5, 5.41) is 26.0. The van der Waals surface area contributed by atoms with Crippen LogP contribution in [0.25, 0.3) is 11.8 Å². The lowest BCUT2D eigenvalue weighted by Crippen LogP contribution is -2.35. The summed E-state index contributed by atoms with van der Waals surface area (Å²) in [4.78, 5) is 27.6. The van der Waals surface area contributed by atoms with E-state index in [1.54, 1.807) is 18.2 Å². The van der Waals surface area contributed by atoms with Crippen molar-refractivity contribution >= 4 is 56.6 Å². The van der Waals surface area contributed by atoms with Gasteiger partial charge in [-0.2, -0.15) is 10.0 Å². The van der Waals surface area contributed by atoms with Crippen LogP contribution in [0.2, 0.25) is 0 Å². The summed E-state index contributed by atoms with van der Waals surface area (Å²) in [5.41, 5.74) is 4.14. The highest BCUT2D eigenvalue weighted by atomic mass is 32.2. The van der Waals surface area contributed by atoms with Gasteiger partial charge in [-0.3, -0.25) is 20.3 Å². The van der Waals surface area contributed by atoms with Crippen LogP contribution in [0.15, 0.2) is 39.9 Å². The molecule has 2 aliphatic rings. The molecule has 0 radical (unpaired) electrons. The molecule has 2 aromatic rings. The first-order valence-electron chi connectivity index (χ1n) is 9.78. The van der Waals surface area contributed by atoms with E-state index < -0.39 is 10.8 Å². The van der Waals surface area contributed by atoms with Crippen LogP contribution >= 0.6 is 23.5 Å². The molecule has 164 valence electrons. The summed E-state index contributed by atoms with van der Waals surface area (Å²) in [6.45, 7) is 7.67. The molecule has 4 rings (SSSR count). The number of thioether (sulfide) groups is 2. The number of carbonyl (C=O) groups is 1. The quantitative estimate of drug-likeness (QED) is 0.397. The van der Waals surface area contributed by atoms with Gasteiger partial charge in [0.25, 0.3) is 11.6 Å².